The summed E-state index contributed by atoms with van der Waals surface area (Å²) in [5.41, 5.74) is 0.346. The van der Waals surface area contributed by atoms with Crippen molar-refractivity contribution in [2.75, 3.05) is 24.5 Å². The highest BCUT2D eigenvalue weighted by Gasteiger charge is 2.39. The topological polar surface area (TPSA) is 32.3 Å². The second-order valence-corrected chi connectivity index (χ2v) is 6.29. The van der Waals surface area contributed by atoms with E-state index in [0.717, 1.165) is 31.6 Å². The van der Waals surface area contributed by atoms with E-state index in [1.165, 1.54) is 12.1 Å². The van der Waals surface area contributed by atoms with Crippen LogP contribution in [0.2, 0.25) is 0 Å². The van der Waals surface area contributed by atoms with Crippen LogP contribution in [0.1, 0.15) is 33.6 Å². The quantitative estimate of drug-likeness (QED) is 0.924. The molecule has 1 aliphatic heterocycles. The first-order valence-corrected chi connectivity index (χ1v) is 7.75. The lowest BCUT2D eigenvalue weighted by molar-refractivity contribution is -0.129. The summed E-state index contributed by atoms with van der Waals surface area (Å²) in [6, 6.07) is 6.15. The predicted octanol–water partition coefficient (Wildman–Crippen LogP) is 3.20. The standard InChI is InChI=1S/C17H25FN2O/c1-4-20(15-9-7-14(18)8-10-15)16(21)17(2,3)13-6-5-11-19-12-13/h7-10,13,19H,4-6,11-12H2,1-3H3. The van der Waals surface area contributed by atoms with Crippen molar-refractivity contribution in [3.63, 3.8) is 0 Å². The van der Waals surface area contributed by atoms with Crippen molar-refractivity contribution in [2.24, 2.45) is 11.3 Å². The summed E-state index contributed by atoms with van der Waals surface area (Å²) in [5.74, 6) is 0.177. The van der Waals surface area contributed by atoms with Crippen molar-refractivity contribution in [1.29, 1.82) is 0 Å². The number of carbonyl (C=O) groups is 1. The number of nitrogens with zero attached hydrogens (tertiary/aromatic N) is 1. The van der Waals surface area contributed by atoms with E-state index in [0.29, 0.717) is 12.5 Å². The lowest BCUT2D eigenvalue weighted by Crippen LogP contribution is -2.49. The van der Waals surface area contributed by atoms with Gasteiger partial charge in [0.2, 0.25) is 5.91 Å². The minimum atomic E-state index is -0.419. The number of amides is 1. The van der Waals surface area contributed by atoms with Gasteiger partial charge in [-0.15, -0.1) is 0 Å². The third-order valence-electron chi connectivity index (χ3n) is 4.57. The summed E-state index contributed by atoms with van der Waals surface area (Å²) in [4.78, 5) is 14.7. The van der Waals surface area contributed by atoms with Crippen LogP contribution >= 0.6 is 0 Å². The van der Waals surface area contributed by atoms with Crippen molar-refractivity contribution < 1.29 is 9.18 Å². The number of carbonyl (C=O) groups excluding carboxylic acids is 1. The lowest BCUT2D eigenvalue weighted by Gasteiger charge is -2.39. The number of rotatable bonds is 4. The monoisotopic (exact) mass is 292 g/mol. The van der Waals surface area contributed by atoms with Gasteiger partial charge in [0.1, 0.15) is 5.82 Å². The van der Waals surface area contributed by atoms with Crippen molar-refractivity contribution in [3.8, 4) is 0 Å². The van der Waals surface area contributed by atoms with Gasteiger partial charge < -0.3 is 10.2 Å². The molecule has 1 amide bonds. The van der Waals surface area contributed by atoms with Crippen LogP contribution in [-0.4, -0.2) is 25.5 Å². The molecule has 21 heavy (non-hydrogen) atoms. The molecule has 1 aromatic carbocycles. The van der Waals surface area contributed by atoms with E-state index >= 15 is 0 Å². The predicted molar refractivity (Wildman–Crippen MR) is 83.8 cm³/mol. The van der Waals surface area contributed by atoms with Gasteiger partial charge in [-0.3, -0.25) is 4.79 Å². The van der Waals surface area contributed by atoms with Crippen molar-refractivity contribution >= 4 is 11.6 Å². The molecule has 3 nitrogen and oxygen atoms in total. The molecule has 0 aromatic heterocycles. The van der Waals surface area contributed by atoms with Crippen molar-refractivity contribution in [3.05, 3.63) is 30.1 Å². The Labute approximate surface area is 126 Å². The Morgan fingerprint density at radius 2 is 2.05 bits per heavy atom. The van der Waals surface area contributed by atoms with Crippen molar-refractivity contribution in [2.45, 2.75) is 33.6 Å². The Kier molecular flexibility index (Phi) is 4.99. The summed E-state index contributed by atoms with van der Waals surface area (Å²) >= 11 is 0. The number of anilines is 1. The van der Waals surface area contributed by atoms with Gasteiger partial charge in [0, 0.05) is 17.6 Å². The molecule has 0 saturated carbocycles. The normalized spacial score (nSPS) is 19.3. The van der Waals surface area contributed by atoms with Gasteiger partial charge in [0.05, 0.1) is 0 Å². The van der Waals surface area contributed by atoms with E-state index in [4.69, 9.17) is 0 Å². The third kappa shape index (κ3) is 3.43. The summed E-state index contributed by atoms with van der Waals surface area (Å²) in [6.45, 7) is 8.53. The number of benzene rings is 1. The lowest BCUT2D eigenvalue weighted by atomic mass is 9.74. The molecule has 0 radical (unpaired) electrons. The maximum atomic E-state index is 13.1. The molecular formula is C17H25FN2O. The van der Waals surface area contributed by atoms with Gasteiger partial charge in [0.25, 0.3) is 0 Å². The maximum absolute atomic E-state index is 13.1. The molecule has 1 N–H and O–H groups in total. The van der Waals surface area contributed by atoms with E-state index in [1.54, 1.807) is 17.0 Å². The van der Waals surface area contributed by atoms with E-state index < -0.39 is 5.41 Å². The Bertz CT molecular complexity index is 478. The molecule has 1 unspecified atom stereocenters. The molecule has 0 aliphatic carbocycles. The van der Waals surface area contributed by atoms with E-state index in [2.05, 4.69) is 5.32 Å². The van der Waals surface area contributed by atoms with Crippen molar-refractivity contribution in [1.82, 2.24) is 5.32 Å². The van der Waals surface area contributed by atoms with Crippen LogP contribution in [0.5, 0.6) is 0 Å². The minimum absolute atomic E-state index is 0.116. The van der Waals surface area contributed by atoms with Crippen LogP contribution in [-0.2, 0) is 4.79 Å². The Morgan fingerprint density at radius 1 is 1.38 bits per heavy atom. The summed E-state index contributed by atoms with van der Waals surface area (Å²) in [5, 5.41) is 3.38. The number of piperidine rings is 1. The molecule has 4 heteroatoms. The fourth-order valence-corrected chi connectivity index (χ4v) is 3.05. The zero-order valence-electron chi connectivity index (χ0n) is 13.2. The average molecular weight is 292 g/mol. The zero-order valence-corrected chi connectivity index (χ0v) is 13.2. The largest absolute Gasteiger partial charge is 0.316 e. The maximum Gasteiger partial charge on any atom is 0.232 e. The van der Waals surface area contributed by atoms with Gasteiger partial charge in [-0.05, 0) is 63.0 Å². The summed E-state index contributed by atoms with van der Waals surface area (Å²) in [7, 11) is 0. The highest BCUT2D eigenvalue weighted by atomic mass is 19.1. The molecule has 1 aromatic rings. The first kappa shape index (κ1) is 16.0. The van der Waals surface area contributed by atoms with Gasteiger partial charge >= 0.3 is 0 Å². The highest BCUT2D eigenvalue weighted by Crippen LogP contribution is 2.35. The second-order valence-electron chi connectivity index (χ2n) is 6.29. The van der Waals surface area contributed by atoms with E-state index in [1.807, 2.05) is 20.8 Å². The molecule has 1 aliphatic rings. The third-order valence-corrected chi connectivity index (χ3v) is 4.57. The average Bonchev–Trinajstić information content (AvgIpc) is 2.50. The zero-order chi connectivity index (χ0) is 15.5. The first-order chi connectivity index (χ1) is 9.96. The van der Waals surface area contributed by atoms with Crippen LogP contribution in [0.4, 0.5) is 10.1 Å². The second kappa shape index (κ2) is 6.56. The molecule has 116 valence electrons. The number of nitrogens with one attached hydrogen (secondary N) is 1. The van der Waals surface area contributed by atoms with Gasteiger partial charge in [-0.25, -0.2) is 4.39 Å². The van der Waals surface area contributed by atoms with Crippen LogP contribution in [0, 0.1) is 17.2 Å². The number of hydrogen-bond acceptors (Lipinski definition) is 2. The number of hydrogen-bond donors (Lipinski definition) is 1. The van der Waals surface area contributed by atoms with Crippen LogP contribution < -0.4 is 10.2 Å². The first-order valence-electron chi connectivity index (χ1n) is 7.75. The van der Waals surface area contributed by atoms with Gasteiger partial charge in [-0.2, -0.15) is 0 Å². The molecule has 1 fully saturated rings. The molecule has 0 bridgehead atoms. The Balaban J connectivity index is 2.20. The van der Waals surface area contributed by atoms with E-state index in [-0.39, 0.29) is 11.7 Å². The van der Waals surface area contributed by atoms with Gasteiger partial charge in [-0.1, -0.05) is 13.8 Å². The Morgan fingerprint density at radius 3 is 2.57 bits per heavy atom. The molecule has 1 atom stereocenters. The highest BCUT2D eigenvalue weighted by molar-refractivity contribution is 5.97. The van der Waals surface area contributed by atoms with E-state index in [9.17, 15) is 9.18 Å². The van der Waals surface area contributed by atoms with Gasteiger partial charge in [0.15, 0.2) is 0 Å². The van der Waals surface area contributed by atoms with Crippen LogP contribution in [0.3, 0.4) is 0 Å². The summed E-state index contributed by atoms with van der Waals surface area (Å²) < 4.78 is 13.1. The molecule has 1 heterocycles. The molecule has 2 rings (SSSR count). The smallest absolute Gasteiger partial charge is 0.232 e. The SMILES string of the molecule is CCN(C(=O)C(C)(C)C1CCCNC1)c1ccc(F)cc1. The fourth-order valence-electron chi connectivity index (χ4n) is 3.05. The molecule has 1 saturated heterocycles. The minimum Gasteiger partial charge on any atom is -0.316 e. The number of halogens is 1. The van der Waals surface area contributed by atoms with Crippen LogP contribution in [0.15, 0.2) is 24.3 Å². The summed E-state index contributed by atoms with van der Waals surface area (Å²) in [6.07, 6.45) is 2.19. The van der Waals surface area contributed by atoms with Crippen LogP contribution in [0.25, 0.3) is 0 Å². The fraction of sp³-hybridized carbons (Fsp3) is 0.588. The molecule has 0 spiro atoms. The molecular weight excluding hydrogens is 267 g/mol. The Hall–Kier alpha value is -1.42.